The zero-order valence-electron chi connectivity index (χ0n) is 11.1. The minimum atomic E-state index is -0.104. The fourth-order valence-corrected chi connectivity index (χ4v) is 2.64. The lowest BCUT2D eigenvalue weighted by atomic mass is 9.89. The van der Waals surface area contributed by atoms with Gasteiger partial charge < -0.3 is 10.1 Å². The normalized spacial score (nSPS) is 22.8. The Labute approximate surface area is 118 Å². The summed E-state index contributed by atoms with van der Waals surface area (Å²) >= 11 is 6.07. The van der Waals surface area contributed by atoms with Crippen LogP contribution >= 0.6 is 11.6 Å². The van der Waals surface area contributed by atoms with E-state index in [9.17, 15) is 4.79 Å². The van der Waals surface area contributed by atoms with Gasteiger partial charge >= 0.3 is 0 Å². The minimum Gasteiger partial charge on any atom is -0.494 e. The SMILES string of the molecule is COc1cnccc1C(=O)NCC1CCC(Cl)CC1. The lowest BCUT2D eigenvalue weighted by Crippen LogP contribution is -2.31. The number of pyridine rings is 1. The largest absolute Gasteiger partial charge is 0.494 e. The van der Waals surface area contributed by atoms with E-state index >= 15 is 0 Å². The maximum absolute atomic E-state index is 12.1. The van der Waals surface area contributed by atoms with Gasteiger partial charge in [-0.1, -0.05) is 0 Å². The van der Waals surface area contributed by atoms with Crippen molar-refractivity contribution in [1.82, 2.24) is 10.3 Å². The first-order valence-electron chi connectivity index (χ1n) is 6.61. The first-order chi connectivity index (χ1) is 9.20. The van der Waals surface area contributed by atoms with E-state index in [4.69, 9.17) is 16.3 Å². The van der Waals surface area contributed by atoms with Crippen molar-refractivity contribution < 1.29 is 9.53 Å². The topological polar surface area (TPSA) is 51.2 Å². The molecule has 2 rings (SSSR count). The minimum absolute atomic E-state index is 0.104. The Kier molecular flexibility index (Phi) is 5.02. The molecule has 1 heterocycles. The van der Waals surface area contributed by atoms with Crippen LogP contribution in [-0.2, 0) is 0 Å². The van der Waals surface area contributed by atoms with E-state index in [1.165, 1.54) is 7.11 Å². The third-order valence-electron chi connectivity index (χ3n) is 3.58. The number of nitrogens with one attached hydrogen (secondary N) is 1. The van der Waals surface area contributed by atoms with Crippen LogP contribution in [0.5, 0.6) is 5.75 Å². The van der Waals surface area contributed by atoms with Gasteiger partial charge in [-0.2, -0.15) is 0 Å². The number of ether oxygens (including phenoxy) is 1. The molecule has 0 aliphatic heterocycles. The Hall–Kier alpha value is -1.29. The van der Waals surface area contributed by atoms with Crippen molar-refractivity contribution in [3.63, 3.8) is 0 Å². The molecule has 0 spiro atoms. The van der Waals surface area contributed by atoms with E-state index in [1.807, 2.05) is 0 Å². The number of methoxy groups -OCH3 is 1. The molecular weight excluding hydrogens is 264 g/mol. The number of carbonyl (C=O) groups is 1. The van der Waals surface area contributed by atoms with Crippen molar-refractivity contribution in [1.29, 1.82) is 0 Å². The van der Waals surface area contributed by atoms with E-state index < -0.39 is 0 Å². The van der Waals surface area contributed by atoms with Crippen molar-refractivity contribution in [2.45, 2.75) is 31.1 Å². The molecule has 1 aromatic heterocycles. The molecule has 0 radical (unpaired) electrons. The number of nitrogens with zero attached hydrogens (tertiary/aromatic N) is 1. The van der Waals surface area contributed by atoms with Crippen LogP contribution in [0.25, 0.3) is 0 Å². The molecule has 1 aliphatic carbocycles. The smallest absolute Gasteiger partial charge is 0.255 e. The van der Waals surface area contributed by atoms with E-state index in [-0.39, 0.29) is 5.91 Å². The van der Waals surface area contributed by atoms with Gasteiger partial charge in [-0.25, -0.2) is 0 Å². The fourth-order valence-electron chi connectivity index (χ4n) is 2.39. The van der Waals surface area contributed by atoms with Gasteiger partial charge in [0, 0.05) is 18.1 Å². The molecule has 4 nitrogen and oxygen atoms in total. The second-order valence-corrected chi connectivity index (χ2v) is 5.52. The molecular formula is C14H19ClN2O2. The van der Waals surface area contributed by atoms with E-state index in [2.05, 4.69) is 10.3 Å². The van der Waals surface area contributed by atoms with Crippen molar-refractivity contribution in [2.24, 2.45) is 5.92 Å². The van der Waals surface area contributed by atoms with Crippen molar-refractivity contribution in [2.75, 3.05) is 13.7 Å². The second kappa shape index (κ2) is 6.75. The zero-order chi connectivity index (χ0) is 13.7. The Morgan fingerprint density at radius 1 is 1.47 bits per heavy atom. The van der Waals surface area contributed by atoms with E-state index in [0.717, 1.165) is 25.7 Å². The van der Waals surface area contributed by atoms with Gasteiger partial charge in [0.05, 0.1) is 18.9 Å². The summed E-state index contributed by atoms with van der Waals surface area (Å²) in [5, 5.41) is 3.28. The Morgan fingerprint density at radius 2 is 2.21 bits per heavy atom. The quantitative estimate of drug-likeness (QED) is 0.864. The summed E-state index contributed by atoms with van der Waals surface area (Å²) in [7, 11) is 1.54. The zero-order valence-corrected chi connectivity index (χ0v) is 11.8. The Balaban J connectivity index is 1.87. The highest BCUT2D eigenvalue weighted by atomic mass is 35.5. The second-order valence-electron chi connectivity index (χ2n) is 4.90. The van der Waals surface area contributed by atoms with Crippen LogP contribution in [0.4, 0.5) is 0 Å². The Bertz CT molecular complexity index is 431. The van der Waals surface area contributed by atoms with Gasteiger partial charge in [0.25, 0.3) is 5.91 Å². The number of rotatable bonds is 4. The maximum Gasteiger partial charge on any atom is 0.255 e. The average Bonchev–Trinajstić information content (AvgIpc) is 2.46. The molecule has 1 aliphatic rings. The lowest BCUT2D eigenvalue weighted by Gasteiger charge is -2.25. The van der Waals surface area contributed by atoms with Crippen LogP contribution in [0, 0.1) is 5.92 Å². The highest BCUT2D eigenvalue weighted by Crippen LogP contribution is 2.27. The number of aromatic nitrogens is 1. The third kappa shape index (κ3) is 3.83. The van der Waals surface area contributed by atoms with E-state index in [0.29, 0.717) is 29.2 Å². The summed E-state index contributed by atoms with van der Waals surface area (Å²) < 4.78 is 5.13. The van der Waals surface area contributed by atoms with Gasteiger partial charge in [-0.05, 0) is 37.7 Å². The highest BCUT2D eigenvalue weighted by molar-refractivity contribution is 6.20. The summed E-state index contributed by atoms with van der Waals surface area (Å²) in [5.74, 6) is 0.934. The highest BCUT2D eigenvalue weighted by Gasteiger charge is 2.20. The predicted molar refractivity (Wildman–Crippen MR) is 74.7 cm³/mol. The molecule has 0 unspecified atom stereocenters. The van der Waals surface area contributed by atoms with Crippen molar-refractivity contribution in [3.8, 4) is 5.75 Å². The lowest BCUT2D eigenvalue weighted by molar-refractivity contribution is 0.0940. The number of hydrogen-bond donors (Lipinski definition) is 1. The maximum atomic E-state index is 12.1. The van der Waals surface area contributed by atoms with Gasteiger partial charge in [0.15, 0.2) is 0 Å². The number of hydrogen-bond acceptors (Lipinski definition) is 3. The third-order valence-corrected chi connectivity index (χ3v) is 4.01. The molecule has 1 saturated carbocycles. The summed E-state index contributed by atoms with van der Waals surface area (Å²) in [6, 6.07) is 1.67. The molecule has 1 N–H and O–H groups in total. The predicted octanol–water partition coefficient (Wildman–Crippen LogP) is 2.62. The molecule has 1 fully saturated rings. The van der Waals surface area contributed by atoms with Gasteiger partial charge in [-0.15, -0.1) is 11.6 Å². The number of halogens is 1. The summed E-state index contributed by atoms with van der Waals surface area (Å²) in [6.45, 7) is 0.702. The molecule has 0 saturated heterocycles. The number of amides is 1. The monoisotopic (exact) mass is 282 g/mol. The fraction of sp³-hybridized carbons (Fsp3) is 0.571. The first kappa shape index (κ1) is 14.1. The summed E-state index contributed by atoms with van der Waals surface area (Å²) in [6.07, 6.45) is 7.40. The standard InChI is InChI=1S/C14H19ClN2O2/c1-19-13-9-16-7-6-12(13)14(18)17-8-10-2-4-11(15)5-3-10/h6-7,9-11H,2-5,8H2,1H3,(H,17,18). The van der Waals surface area contributed by atoms with Crippen LogP contribution in [0.3, 0.4) is 0 Å². The van der Waals surface area contributed by atoms with Crippen LogP contribution < -0.4 is 10.1 Å². The number of carbonyl (C=O) groups excluding carboxylic acids is 1. The number of alkyl halides is 1. The van der Waals surface area contributed by atoms with Gasteiger partial charge in [0.2, 0.25) is 0 Å². The average molecular weight is 283 g/mol. The molecule has 1 aromatic rings. The molecule has 0 atom stereocenters. The molecule has 104 valence electrons. The molecule has 0 bridgehead atoms. The van der Waals surface area contributed by atoms with E-state index in [1.54, 1.807) is 18.5 Å². The van der Waals surface area contributed by atoms with Crippen LogP contribution in [0.1, 0.15) is 36.0 Å². The van der Waals surface area contributed by atoms with Gasteiger partial charge in [0.1, 0.15) is 5.75 Å². The molecule has 1 amide bonds. The first-order valence-corrected chi connectivity index (χ1v) is 7.04. The summed E-state index contributed by atoms with van der Waals surface area (Å²) in [5.41, 5.74) is 0.531. The van der Waals surface area contributed by atoms with Crippen LogP contribution in [-0.4, -0.2) is 29.9 Å². The molecule has 5 heteroatoms. The molecule has 0 aromatic carbocycles. The van der Waals surface area contributed by atoms with Crippen molar-refractivity contribution in [3.05, 3.63) is 24.0 Å². The van der Waals surface area contributed by atoms with Crippen molar-refractivity contribution >= 4 is 17.5 Å². The van der Waals surface area contributed by atoms with Gasteiger partial charge in [-0.3, -0.25) is 9.78 Å². The molecule has 19 heavy (non-hydrogen) atoms. The van der Waals surface area contributed by atoms with Crippen LogP contribution in [0.2, 0.25) is 0 Å². The summed E-state index contributed by atoms with van der Waals surface area (Å²) in [4.78, 5) is 16.0. The van der Waals surface area contributed by atoms with Crippen LogP contribution in [0.15, 0.2) is 18.5 Å². The Morgan fingerprint density at radius 3 is 2.89 bits per heavy atom.